The molecule has 0 heterocycles. The van der Waals surface area contributed by atoms with Crippen LogP contribution in [0.2, 0.25) is 5.02 Å². The molecule has 2 aromatic carbocycles. The van der Waals surface area contributed by atoms with Gasteiger partial charge in [-0.25, -0.2) is 17.5 Å². The molecule has 2 aromatic rings. The number of amides is 1. The van der Waals surface area contributed by atoms with Gasteiger partial charge in [0.15, 0.2) is 0 Å². The lowest BCUT2D eigenvalue weighted by molar-refractivity contribution is 0.102. The summed E-state index contributed by atoms with van der Waals surface area (Å²) in [7, 11) is -3.80. The maximum atomic E-state index is 13.2. The molecule has 9 heteroatoms. The van der Waals surface area contributed by atoms with Gasteiger partial charge in [-0.05, 0) is 62.1 Å². The molecule has 0 bridgehead atoms. The maximum absolute atomic E-state index is 13.2. The Morgan fingerprint density at radius 1 is 1.11 bits per heavy atom. The number of benzene rings is 2. The number of nitrogens with one attached hydrogen (secondary N) is 2. The molecule has 1 aliphatic rings. The second-order valence-corrected chi connectivity index (χ2v) is 8.86. The Hall–Kier alpha value is -2.00. The van der Waals surface area contributed by atoms with Gasteiger partial charge in [0.05, 0.1) is 16.0 Å². The number of sulfonamides is 1. The van der Waals surface area contributed by atoms with Crippen LogP contribution in [0.4, 0.5) is 10.1 Å². The van der Waals surface area contributed by atoms with E-state index in [1.165, 1.54) is 36.4 Å². The van der Waals surface area contributed by atoms with Gasteiger partial charge < -0.3 is 10.4 Å². The molecule has 3 rings (SSSR count). The topological polar surface area (TPSA) is 95.5 Å². The van der Waals surface area contributed by atoms with Gasteiger partial charge in [0, 0.05) is 17.3 Å². The molecule has 150 valence electrons. The number of hydrogen-bond acceptors (Lipinski definition) is 4. The van der Waals surface area contributed by atoms with Crippen LogP contribution in [0.1, 0.15) is 36.0 Å². The largest absolute Gasteiger partial charge is 0.393 e. The zero-order chi connectivity index (χ0) is 20.3. The lowest BCUT2D eigenvalue weighted by atomic mass is 9.94. The molecular formula is C19H20ClFN2O4S. The molecule has 0 atom stereocenters. The van der Waals surface area contributed by atoms with Crippen LogP contribution in [0.5, 0.6) is 0 Å². The number of carbonyl (C=O) groups excluding carboxylic acids is 1. The van der Waals surface area contributed by atoms with Gasteiger partial charge in [-0.15, -0.1) is 0 Å². The average molecular weight is 427 g/mol. The fraction of sp³-hybridized carbons (Fsp3) is 0.316. The molecule has 1 amide bonds. The Morgan fingerprint density at radius 3 is 2.50 bits per heavy atom. The van der Waals surface area contributed by atoms with Crippen molar-refractivity contribution in [2.75, 3.05) is 5.32 Å². The van der Waals surface area contributed by atoms with Crippen molar-refractivity contribution in [3.05, 3.63) is 58.9 Å². The molecule has 0 radical (unpaired) electrons. The van der Waals surface area contributed by atoms with Crippen LogP contribution >= 0.6 is 11.6 Å². The van der Waals surface area contributed by atoms with E-state index in [0.717, 1.165) is 6.07 Å². The second-order valence-electron chi connectivity index (χ2n) is 6.74. The molecule has 6 nitrogen and oxygen atoms in total. The maximum Gasteiger partial charge on any atom is 0.255 e. The Bertz CT molecular complexity index is 976. The summed E-state index contributed by atoms with van der Waals surface area (Å²) >= 11 is 5.70. The van der Waals surface area contributed by atoms with Crippen LogP contribution in [0.15, 0.2) is 47.4 Å². The summed E-state index contributed by atoms with van der Waals surface area (Å²) in [6.45, 7) is 0. The van der Waals surface area contributed by atoms with Crippen molar-refractivity contribution in [1.29, 1.82) is 0 Å². The van der Waals surface area contributed by atoms with Crippen molar-refractivity contribution in [3.8, 4) is 0 Å². The Kier molecular flexibility index (Phi) is 6.34. The minimum atomic E-state index is -3.80. The SMILES string of the molecule is O=C(Nc1ccc(F)c(Cl)c1)c1cccc(S(=O)(=O)NC2CCC(O)CC2)c1. The van der Waals surface area contributed by atoms with Crippen LogP contribution in [0.25, 0.3) is 0 Å². The smallest absolute Gasteiger partial charge is 0.255 e. The highest BCUT2D eigenvalue weighted by atomic mass is 35.5. The quantitative estimate of drug-likeness (QED) is 0.683. The fourth-order valence-corrected chi connectivity index (χ4v) is 4.59. The first kappa shape index (κ1) is 20.7. The molecule has 1 saturated carbocycles. The molecule has 0 unspecified atom stereocenters. The van der Waals surface area contributed by atoms with Crippen LogP contribution in [-0.2, 0) is 10.0 Å². The van der Waals surface area contributed by atoms with Crippen LogP contribution < -0.4 is 10.0 Å². The summed E-state index contributed by atoms with van der Waals surface area (Å²) in [5, 5.41) is 12.0. The number of anilines is 1. The highest BCUT2D eigenvalue weighted by Crippen LogP contribution is 2.22. The van der Waals surface area contributed by atoms with E-state index in [-0.39, 0.29) is 27.6 Å². The molecule has 28 heavy (non-hydrogen) atoms. The fourth-order valence-electron chi connectivity index (χ4n) is 3.06. The van der Waals surface area contributed by atoms with E-state index in [9.17, 15) is 22.7 Å². The van der Waals surface area contributed by atoms with Crippen LogP contribution in [-0.4, -0.2) is 31.6 Å². The summed E-state index contributed by atoms with van der Waals surface area (Å²) in [5.74, 6) is -1.14. The summed E-state index contributed by atoms with van der Waals surface area (Å²) in [4.78, 5) is 12.4. The van der Waals surface area contributed by atoms with Crippen molar-refractivity contribution in [2.24, 2.45) is 0 Å². The predicted molar refractivity (Wildman–Crippen MR) is 104 cm³/mol. The van der Waals surface area contributed by atoms with Crippen LogP contribution in [0, 0.1) is 5.82 Å². The number of aliphatic hydroxyl groups is 1. The second kappa shape index (κ2) is 8.57. The third kappa shape index (κ3) is 5.08. The summed E-state index contributed by atoms with van der Waals surface area (Å²) in [6.07, 6.45) is 1.84. The Morgan fingerprint density at radius 2 is 1.82 bits per heavy atom. The standard InChI is InChI=1S/C19H20ClFN2O4S/c20-17-11-14(6-9-18(17)21)22-19(25)12-2-1-3-16(10-12)28(26,27)23-13-4-7-15(24)8-5-13/h1-3,6,9-11,13,15,23-24H,4-5,7-8H2,(H,22,25). The van der Waals surface area contributed by atoms with E-state index < -0.39 is 21.7 Å². The zero-order valence-corrected chi connectivity index (χ0v) is 16.4. The van der Waals surface area contributed by atoms with E-state index in [1.54, 1.807) is 0 Å². The van der Waals surface area contributed by atoms with E-state index in [0.29, 0.717) is 31.4 Å². The first-order valence-corrected chi connectivity index (χ1v) is 10.7. The van der Waals surface area contributed by atoms with Gasteiger partial charge in [0.1, 0.15) is 5.82 Å². The zero-order valence-electron chi connectivity index (χ0n) is 14.9. The van der Waals surface area contributed by atoms with E-state index in [2.05, 4.69) is 10.0 Å². The van der Waals surface area contributed by atoms with Gasteiger partial charge in [-0.1, -0.05) is 17.7 Å². The normalized spacial score (nSPS) is 20.0. The number of aliphatic hydroxyl groups excluding tert-OH is 1. The average Bonchev–Trinajstić information content (AvgIpc) is 2.66. The van der Waals surface area contributed by atoms with Crippen molar-refractivity contribution in [1.82, 2.24) is 4.72 Å². The van der Waals surface area contributed by atoms with E-state index in [4.69, 9.17) is 11.6 Å². The minimum absolute atomic E-state index is 0.0246. The molecule has 0 aromatic heterocycles. The number of hydrogen-bond donors (Lipinski definition) is 3. The number of rotatable bonds is 5. The predicted octanol–water partition coefficient (Wildman–Crippen LogP) is 3.31. The molecule has 3 N–H and O–H groups in total. The molecule has 0 spiro atoms. The van der Waals surface area contributed by atoms with Crippen molar-refractivity contribution < 1.29 is 22.7 Å². The van der Waals surface area contributed by atoms with Gasteiger partial charge >= 0.3 is 0 Å². The highest BCUT2D eigenvalue weighted by Gasteiger charge is 2.25. The third-order valence-corrected chi connectivity index (χ3v) is 6.41. The monoisotopic (exact) mass is 426 g/mol. The van der Waals surface area contributed by atoms with Crippen molar-refractivity contribution in [3.63, 3.8) is 0 Å². The first-order chi connectivity index (χ1) is 13.2. The molecular weight excluding hydrogens is 407 g/mol. The van der Waals surface area contributed by atoms with Gasteiger partial charge in [-0.2, -0.15) is 0 Å². The van der Waals surface area contributed by atoms with Gasteiger partial charge in [0.25, 0.3) is 5.91 Å². The lowest BCUT2D eigenvalue weighted by Crippen LogP contribution is -2.38. The number of carbonyl (C=O) groups is 1. The lowest BCUT2D eigenvalue weighted by Gasteiger charge is -2.26. The van der Waals surface area contributed by atoms with Crippen LogP contribution in [0.3, 0.4) is 0 Å². The number of halogens is 2. The first-order valence-electron chi connectivity index (χ1n) is 8.81. The van der Waals surface area contributed by atoms with Gasteiger partial charge in [0.2, 0.25) is 10.0 Å². The molecule has 1 fully saturated rings. The molecule has 0 saturated heterocycles. The third-order valence-electron chi connectivity index (χ3n) is 4.60. The Labute approximate surface area is 167 Å². The highest BCUT2D eigenvalue weighted by molar-refractivity contribution is 7.89. The van der Waals surface area contributed by atoms with Gasteiger partial charge in [-0.3, -0.25) is 4.79 Å². The molecule has 1 aliphatic carbocycles. The van der Waals surface area contributed by atoms with Crippen molar-refractivity contribution in [2.45, 2.75) is 42.7 Å². The summed E-state index contributed by atoms with van der Waals surface area (Å²) in [5.41, 5.74) is 0.436. The minimum Gasteiger partial charge on any atom is -0.393 e. The van der Waals surface area contributed by atoms with E-state index in [1.807, 2.05) is 0 Å². The molecule has 0 aliphatic heterocycles. The van der Waals surface area contributed by atoms with E-state index >= 15 is 0 Å². The summed E-state index contributed by atoms with van der Waals surface area (Å²) < 4.78 is 41.1. The van der Waals surface area contributed by atoms with Crippen molar-refractivity contribution >= 4 is 33.2 Å². The Balaban J connectivity index is 1.73. The summed E-state index contributed by atoms with van der Waals surface area (Å²) in [6, 6.07) is 9.16.